The van der Waals surface area contributed by atoms with Crippen molar-refractivity contribution in [1.29, 1.82) is 0 Å². The van der Waals surface area contributed by atoms with E-state index in [0.717, 1.165) is 51.0 Å². The molecule has 0 atom stereocenters. The van der Waals surface area contributed by atoms with Crippen molar-refractivity contribution in [2.75, 3.05) is 45.2 Å². The molecule has 0 saturated carbocycles. The molecule has 27 heavy (non-hydrogen) atoms. The van der Waals surface area contributed by atoms with Gasteiger partial charge in [0.2, 0.25) is 0 Å². The molecule has 0 spiro atoms. The van der Waals surface area contributed by atoms with Gasteiger partial charge < -0.3 is 20.4 Å². The van der Waals surface area contributed by atoms with Crippen LogP contribution in [0.15, 0.2) is 47.6 Å². The fraction of sp³-hybridized carbons (Fsp3) is 0.429. The van der Waals surface area contributed by atoms with E-state index >= 15 is 0 Å². The predicted molar refractivity (Wildman–Crippen MR) is 112 cm³/mol. The van der Waals surface area contributed by atoms with Crippen molar-refractivity contribution in [3.05, 3.63) is 59.3 Å². The van der Waals surface area contributed by atoms with Crippen LogP contribution in [0.4, 0.5) is 5.82 Å². The number of benzene rings is 1. The van der Waals surface area contributed by atoms with E-state index in [1.165, 1.54) is 16.7 Å². The molecular formula is C21H30N6. The smallest absolute Gasteiger partial charge is 0.191 e. The molecule has 0 amide bonds. The Labute approximate surface area is 162 Å². The summed E-state index contributed by atoms with van der Waals surface area (Å²) in [5.41, 5.74) is 3.77. The van der Waals surface area contributed by atoms with Gasteiger partial charge >= 0.3 is 0 Å². The highest BCUT2D eigenvalue weighted by atomic mass is 15.3. The second-order valence-corrected chi connectivity index (χ2v) is 7.02. The summed E-state index contributed by atoms with van der Waals surface area (Å²) < 4.78 is 0. The summed E-state index contributed by atoms with van der Waals surface area (Å²) in [7, 11) is 3.97. The highest BCUT2D eigenvalue weighted by Crippen LogP contribution is 2.14. The standard InChI is InChI=1S/C21H30N6/c1-17-6-4-5-7-19(17)16-25-21(22-2)24-15-18-8-9-23-20(14-18)27-12-10-26(3)11-13-27/h4-9,14H,10-13,15-16H2,1-3H3,(H2,22,24,25). The monoisotopic (exact) mass is 366 g/mol. The Morgan fingerprint density at radius 3 is 2.56 bits per heavy atom. The van der Waals surface area contributed by atoms with Crippen molar-refractivity contribution in [2.24, 2.45) is 4.99 Å². The van der Waals surface area contributed by atoms with Gasteiger partial charge in [-0.15, -0.1) is 0 Å². The van der Waals surface area contributed by atoms with E-state index < -0.39 is 0 Å². The van der Waals surface area contributed by atoms with E-state index in [0.29, 0.717) is 0 Å². The van der Waals surface area contributed by atoms with Crippen LogP contribution in [-0.4, -0.2) is 56.1 Å². The van der Waals surface area contributed by atoms with Crippen LogP contribution < -0.4 is 15.5 Å². The molecule has 1 fully saturated rings. The summed E-state index contributed by atoms with van der Waals surface area (Å²) >= 11 is 0. The third kappa shape index (κ3) is 5.44. The van der Waals surface area contributed by atoms with E-state index in [4.69, 9.17) is 0 Å². The molecule has 0 radical (unpaired) electrons. The molecule has 6 nitrogen and oxygen atoms in total. The van der Waals surface area contributed by atoms with E-state index in [9.17, 15) is 0 Å². The third-order valence-electron chi connectivity index (χ3n) is 5.03. The average Bonchev–Trinajstić information content (AvgIpc) is 2.70. The number of rotatable bonds is 5. The van der Waals surface area contributed by atoms with Crippen LogP contribution >= 0.6 is 0 Å². The summed E-state index contributed by atoms with van der Waals surface area (Å²) in [6, 6.07) is 12.6. The quantitative estimate of drug-likeness (QED) is 0.626. The maximum atomic E-state index is 4.55. The average molecular weight is 367 g/mol. The van der Waals surface area contributed by atoms with Crippen molar-refractivity contribution < 1.29 is 0 Å². The van der Waals surface area contributed by atoms with Crippen molar-refractivity contribution in [2.45, 2.75) is 20.0 Å². The second-order valence-electron chi connectivity index (χ2n) is 7.02. The number of nitrogens with one attached hydrogen (secondary N) is 2. The molecule has 3 rings (SSSR count). The number of aliphatic imine (C=N–C) groups is 1. The Hall–Kier alpha value is -2.60. The SMILES string of the molecule is CN=C(NCc1ccnc(N2CCN(C)CC2)c1)NCc1ccccc1C. The van der Waals surface area contributed by atoms with Gasteiger partial charge in [0.25, 0.3) is 0 Å². The number of aromatic nitrogens is 1. The molecule has 0 unspecified atom stereocenters. The van der Waals surface area contributed by atoms with Crippen LogP contribution in [0.2, 0.25) is 0 Å². The molecule has 1 aliphatic heterocycles. The molecule has 1 aromatic heterocycles. The minimum atomic E-state index is 0.719. The van der Waals surface area contributed by atoms with Crippen molar-refractivity contribution >= 4 is 11.8 Å². The van der Waals surface area contributed by atoms with Gasteiger partial charge in [-0.05, 0) is 42.8 Å². The molecule has 1 saturated heterocycles. The third-order valence-corrected chi connectivity index (χ3v) is 5.03. The van der Waals surface area contributed by atoms with Gasteiger partial charge in [0.1, 0.15) is 5.82 Å². The number of pyridine rings is 1. The first-order valence-corrected chi connectivity index (χ1v) is 9.53. The van der Waals surface area contributed by atoms with Crippen LogP contribution in [0, 0.1) is 6.92 Å². The summed E-state index contributed by atoms with van der Waals surface area (Å²) in [6.45, 7) is 7.83. The predicted octanol–water partition coefficient (Wildman–Crippen LogP) is 2.01. The molecule has 0 aliphatic carbocycles. The Morgan fingerprint density at radius 1 is 1.07 bits per heavy atom. The van der Waals surface area contributed by atoms with E-state index in [1.54, 1.807) is 7.05 Å². The normalized spacial score (nSPS) is 15.7. The first kappa shape index (κ1) is 19.2. The molecule has 2 aromatic rings. The van der Waals surface area contributed by atoms with Gasteiger partial charge in [-0.3, -0.25) is 4.99 Å². The first-order valence-electron chi connectivity index (χ1n) is 9.53. The maximum absolute atomic E-state index is 4.55. The molecule has 1 aliphatic rings. The summed E-state index contributed by atoms with van der Waals surface area (Å²) in [5, 5.41) is 6.78. The van der Waals surface area contributed by atoms with E-state index in [-0.39, 0.29) is 0 Å². The Kier molecular flexibility index (Phi) is 6.65. The highest BCUT2D eigenvalue weighted by Gasteiger charge is 2.15. The molecular weight excluding hydrogens is 336 g/mol. The second kappa shape index (κ2) is 9.37. The number of guanidine groups is 1. The minimum Gasteiger partial charge on any atom is -0.354 e. The number of likely N-dealkylation sites (N-methyl/N-ethyl adjacent to an activating group) is 1. The van der Waals surface area contributed by atoms with Gasteiger partial charge in [-0.25, -0.2) is 4.98 Å². The van der Waals surface area contributed by atoms with E-state index in [2.05, 4.69) is 80.8 Å². The van der Waals surface area contributed by atoms with Crippen molar-refractivity contribution in [3.63, 3.8) is 0 Å². The number of anilines is 1. The molecule has 1 aromatic carbocycles. The fourth-order valence-electron chi connectivity index (χ4n) is 3.17. The van der Waals surface area contributed by atoms with Gasteiger partial charge in [-0.2, -0.15) is 0 Å². The number of aryl methyl sites for hydroxylation is 1. The van der Waals surface area contributed by atoms with Crippen LogP contribution in [0.25, 0.3) is 0 Å². The maximum Gasteiger partial charge on any atom is 0.191 e. The molecule has 2 N–H and O–H groups in total. The number of piperazine rings is 1. The van der Waals surface area contributed by atoms with Gasteiger partial charge in [0.15, 0.2) is 5.96 Å². The largest absolute Gasteiger partial charge is 0.354 e. The Morgan fingerprint density at radius 2 is 1.81 bits per heavy atom. The van der Waals surface area contributed by atoms with Crippen LogP contribution in [-0.2, 0) is 13.1 Å². The lowest BCUT2D eigenvalue weighted by molar-refractivity contribution is 0.312. The zero-order valence-electron chi connectivity index (χ0n) is 16.6. The topological polar surface area (TPSA) is 55.8 Å². The zero-order valence-corrected chi connectivity index (χ0v) is 16.6. The zero-order chi connectivity index (χ0) is 19.1. The van der Waals surface area contributed by atoms with Crippen molar-refractivity contribution in [1.82, 2.24) is 20.5 Å². The highest BCUT2D eigenvalue weighted by molar-refractivity contribution is 5.79. The lowest BCUT2D eigenvalue weighted by Crippen LogP contribution is -2.44. The minimum absolute atomic E-state index is 0.719. The lowest BCUT2D eigenvalue weighted by Gasteiger charge is -2.33. The van der Waals surface area contributed by atoms with Gasteiger partial charge in [-0.1, -0.05) is 24.3 Å². The Balaban J connectivity index is 1.54. The molecule has 2 heterocycles. The van der Waals surface area contributed by atoms with Crippen molar-refractivity contribution in [3.8, 4) is 0 Å². The first-order chi connectivity index (χ1) is 13.2. The lowest BCUT2D eigenvalue weighted by atomic mass is 10.1. The fourth-order valence-corrected chi connectivity index (χ4v) is 3.17. The van der Waals surface area contributed by atoms with Crippen LogP contribution in [0.3, 0.4) is 0 Å². The van der Waals surface area contributed by atoms with Gasteiger partial charge in [0.05, 0.1) is 0 Å². The number of hydrogen-bond acceptors (Lipinski definition) is 4. The summed E-state index contributed by atoms with van der Waals surface area (Å²) in [5.74, 6) is 1.86. The number of nitrogens with zero attached hydrogens (tertiary/aromatic N) is 4. The van der Waals surface area contributed by atoms with Crippen LogP contribution in [0.1, 0.15) is 16.7 Å². The number of hydrogen-bond donors (Lipinski definition) is 2. The Bertz CT molecular complexity index is 765. The van der Waals surface area contributed by atoms with E-state index in [1.807, 2.05) is 6.20 Å². The summed E-state index contributed by atoms with van der Waals surface area (Å²) in [4.78, 5) is 13.6. The summed E-state index contributed by atoms with van der Waals surface area (Å²) in [6.07, 6.45) is 1.90. The molecule has 0 bridgehead atoms. The molecule has 144 valence electrons. The van der Waals surface area contributed by atoms with Crippen LogP contribution in [0.5, 0.6) is 0 Å². The molecule has 6 heteroatoms. The van der Waals surface area contributed by atoms with Gasteiger partial charge in [0, 0.05) is 52.5 Å².